The molecule has 2 aromatic rings. The van der Waals surface area contributed by atoms with Gasteiger partial charge in [-0.15, -0.1) is 0 Å². The van der Waals surface area contributed by atoms with Crippen molar-refractivity contribution in [2.45, 2.75) is 13.3 Å². The van der Waals surface area contributed by atoms with Crippen molar-refractivity contribution in [1.29, 1.82) is 0 Å². The summed E-state index contributed by atoms with van der Waals surface area (Å²) in [6.45, 7) is 2.74. The average molecular weight is 230 g/mol. The minimum Gasteiger partial charge on any atom is -0.492 e. The smallest absolute Gasteiger partial charge is 0.219 e. The maximum atomic E-state index is 5.51. The van der Waals surface area contributed by atoms with Crippen LogP contribution in [0.5, 0.6) is 5.75 Å². The highest BCUT2D eigenvalue weighted by Gasteiger charge is 2.02. The first-order chi connectivity index (χ1) is 8.29. The molecular formula is C12H14N4O. The number of nitrogen functional groups attached to an aromatic ring is 1. The number of anilines is 1. The fraction of sp³-hybridized carbons (Fsp3) is 0.250. The lowest BCUT2D eigenvalue weighted by atomic mass is 10.1. The normalized spacial score (nSPS) is 10.2. The highest BCUT2D eigenvalue weighted by atomic mass is 16.5. The monoisotopic (exact) mass is 230 g/mol. The van der Waals surface area contributed by atoms with E-state index in [0.717, 1.165) is 23.3 Å². The second-order valence-corrected chi connectivity index (χ2v) is 3.59. The Hall–Kier alpha value is -2.17. The standard InChI is InChI=1S/C12H14N4O/c1-2-3-17-11-4-9(5-14-8-11)10-6-15-12(13)16-7-10/h4-8H,2-3H2,1H3,(H2,13,15,16). The minimum absolute atomic E-state index is 0.264. The van der Waals surface area contributed by atoms with Crippen molar-refractivity contribution < 1.29 is 4.74 Å². The summed E-state index contributed by atoms with van der Waals surface area (Å²) in [7, 11) is 0. The van der Waals surface area contributed by atoms with Crippen LogP contribution in [0.25, 0.3) is 11.1 Å². The summed E-state index contributed by atoms with van der Waals surface area (Å²) >= 11 is 0. The van der Waals surface area contributed by atoms with Gasteiger partial charge in [0.05, 0.1) is 12.8 Å². The van der Waals surface area contributed by atoms with Crippen LogP contribution in [-0.2, 0) is 0 Å². The third-order valence-electron chi connectivity index (χ3n) is 2.19. The lowest BCUT2D eigenvalue weighted by Crippen LogP contribution is -1.96. The van der Waals surface area contributed by atoms with E-state index >= 15 is 0 Å². The predicted octanol–water partition coefficient (Wildman–Crippen LogP) is 1.91. The van der Waals surface area contributed by atoms with Crippen LogP contribution in [0, 0.1) is 0 Å². The zero-order valence-corrected chi connectivity index (χ0v) is 9.63. The van der Waals surface area contributed by atoms with E-state index in [0.29, 0.717) is 6.61 Å². The van der Waals surface area contributed by atoms with E-state index in [-0.39, 0.29) is 5.95 Å². The van der Waals surface area contributed by atoms with Crippen molar-refractivity contribution in [1.82, 2.24) is 15.0 Å². The molecule has 17 heavy (non-hydrogen) atoms. The van der Waals surface area contributed by atoms with Crippen LogP contribution in [0.15, 0.2) is 30.9 Å². The fourth-order valence-electron chi connectivity index (χ4n) is 1.36. The van der Waals surface area contributed by atoms with Gasteiger partial charge in [-0.1, -0.05) is 6.92 Å². The van der Waals surface area contributed by atoms with Crippen molar-refractivity contribution in [2.24, 2.45) is 0 Å². The van der Waals surface area contributed by atoms with Gasteiger partial charge in [-0.25, -0.2) is 9.97 Å². The van der Waals surface area contributed by atoms with Crippen LogP contribution < -0.4 is 10.5 Å². The van der Waals surface area contributed by atoms with Gasteiger partial charge in [-0.2, -0.15) is 0 Å². The summed E-state index contributed by atoms with van der Waals surface area (Å²) < 4.78 is 5.51. The molecule has 5 nitrogen and oxygen atoms in total. The molecule has 0 aromatic carbocycles. The molecule has 0 aliphatic rings. The van der Waals surface area contributed by atoms with Gasteiger partial charge in [-0.05, 0) is 12.5 Å². The van der Waals surface area contributed by atoms with Crippen LogP contribution in [-0.4, -0.2) is 21.6 Å². The van der Waals surface area contributed by atoms with Crippen LogP contribution in [0.1, 0.15) is 13.3 Å². The molecular weight excluding hydrogens is 216 g/mol. The Morgan fingerprint density at radius 3 is 2.59 bits per heavy atom. The Kier molecular flexibility index (Phi) is 3.49. The van der Waals surface area contributed by atoms with Crippen molar-refractivity contribution in [3.63, 3.8) is 0 Å². The fourth-order valence-corrected chi connectivity index (χ4v) is 1.36. The van der Waals surface area contributed by atoms with Crippen molar-refractivity contribution in [2.75, 3.05) is 12.3 Å². The highest BCUT2D eigenvalue weighted by molar-refractivity contribution is 5.62. The Labute approximate surface area is 99.7 Å². The first-order valence-corrected chi connectivity index (χ1v) is 5.45. The minimum atomic E-state index is 0.264. The highest BCUT2D eigenvalue weighted by Crippen LogP contribution is 2.21. The third kappa shape index (κ3) is 2.90. The molecule has 2 aromatic heterocycles. The molecule has 0 bridgehead atoms. The van der Waals surface area contributed by atoms with Gasteiger partial charge in [-0.3, -0.25) is 4.98 Å². The molecule has 0 atom stereocenters. The first-order valence-electron chi connectivity index (χ1n) is 5.45. The van der Waals surface area contributed by atoms with Gasteiger partial charge in [0.1, 0.15) is 5.75 Å². The molecule has 0 saturated carbocycles. The van der Waals surface area contributed by atoms with Crippen molar-refractivity contribution in [3.8, 4) is 16.9 Å². The third-order valence-corrected chi connectivity index (χ3v) is 2.19. The van der Waals surface area contributed by atoms with Crippen LogP contribution in [0.2, 0.25) is 0 Å². The average Bonchev–Trinajstić information content (AvgIpc) is 2.37. The summed E-state index contributed by atoms with van der Waals surface area (Å²) in [5, 5.41) is 0. The molecule has 5 heteroatoms. The molecule has 0 aliphatic heterocycles. The van der Waals surface area contributed by atoms with Crippen LogP contribution in [0.3, 0.4) is 0 Å². The van der Waals surface area contributed by atoms with Gasteiger partial charge < -0.3 is 10.5 Å². The Morgan fingerprint density at radius 2 is 1.88 bits per heavy atom. The lowest BCUT2D eigenvalue weighted by molar-refractivity contribution is 0.316. The number of nitrogens with zero attached hydrogens (tertiary/aromatic N) is 3. The molecule has 2 heterocycles. The number of ether oxygens (including phenoxy) is 1. The molecule has 0 unspecified atom stereocenters. The number of pyridine rings is 1. The van der Waals surface area contributed by atoms with E-state index in [1.807, 2.05) is 6.07 Å². The van der Waals surface area contributed by atoms with E-state index in [2.05, 4.69) is 21.9 Å². The summed E-state index contributed by atoms with van der Waals surface area (Å²) in [5.74, 6) is 1.02. The molecule has 88 valence electrons. The van der Waals surface area contributed by atoms with E-state index in [1.165, 1.54) is 0 Å². The molecule has 0 fully saturated rings. The molecule has 0 amide bonds. The van der Waals surface area contributed by atoms with E-state index < -0.39 is 0 Å². The van der Waals surface area contributed by atoms with Gasteiger partial charge in [0.15, 0.2) is 0 Å². The number of hydrogen-bond acceptors (Lipinski definition) is 5. The Balaban J connectivity index is 2.23. The zero-order valence-electron chi connectivity index (χ0n) is 9.63. The van der Waals surface area contributed by atoms with Crippen molar-refractivity contribution in [3.05, 3.63) is 30.9 Å². The van der Waals surface area contributed by atoms with E-state index in [1.54, 1.807) is 24.8 Å². The Bertz CT molecular complexity index is 484. The zero-order chi connectivity index (χ0) is 12.1. The topological polar surface area (TPSA) is 73.9 Å². The van der Waals surface area contributed by atoms with Crippen molar-refractivity contribution >= 4 is 5.95 Å². The maximum absolute atomic E-state index is 5.51. The van der Waals surface area contributed by atoms with Crippen LogP contribution in [0.4, 0.5) is 5.95 Å². The number of rotatable bonds is 4. The van der Waals surface area contributed by atoms with Crippen LogP contribution >= 0.6 is 0 Å². The molecule has 0 spiro atoms. The Morgan fingerprint density at radius 1 is 1.12 bits per heavy atom. The maximum Gasteiger partial charge on any atom is 0.219 e. The van der Waals surface area contributed by atoms with E-state index in [9.17, 15) is 0 Å². The largest absolute Gasteiger partial charge is 0.492 e. The number of hydrogen-bond donors (Lipinski definition) is 1. The summed E-state index contributed by atoms with van der Waals surface area (Å²) in [4.78, 5) is 12.0. The first kappa shape index (κ1) is 11.3. The molecule has 2 N–H and O–H groups in total. The number of nitrogens with two attached hydrogens (primary N) is 1. The molecule has 2 rings (SSSR count). The summed E-state index contributed by atoms with van der Waals surface area (Å²) in [6.07, 6.45) is 7.74. The second kappa shape index (κ2) is 5.25. The summed E-state index contributed by atoms with van der Waals surface area (Å²) in [5.41, 5.74) is 7.22. The van der Waals surface area contributed by atoms with Gasteiger partial charge >= 0.3 is 0 Å². The lowest BCUT2D eigenvalue weighted by Gasteiger charge is -2.06. The molecule has 0 saturated heterocycles. The van der Waals surface area contributed by atoms with Gasteiger partial charge in [0, 0.05) is 29.7 Å². The SMILES string of the molecule is CCCOc1cncc(-c2cnc(N)nc2)c1. The summed E-state index contributed by atoms with van der Waals surface area (Å²) in [6, 6.07) is 1.91. The molecule has 0 radical (unpaired) electrons. The molecule has 0 aliphatic carbocycles. The quantitative estimate of drug-likeness (QED) is 0.868. The van der Waals surface area contributed by atoms with Gasteiger partial charge in [0.25, 0.3) is 0 Å². The predicted molar refractivity (Wildman–Crippen MR) is 65.5 cm³/mol. The van der Waals surface area contributed by atoms with Gasteiger partial charge in [0.2, 0.25) is 5.95 Å². The number of aromatic nitrogens is 3. The second-order valence-electron chi connectivity index (χ2n) is 3.59. The van der Waals surface area contributed by atoms with E-state index in [4.69, 9.17) is 10.5 Å².